The third kappa shape index (κ3) is 2.46. The predicted molar refractivity (Wildman–Crippen MR) is 86.5 cm³/mol. The molecule has 4 rings (SSSR count). The summed E-state index contributed by atoms with van der Waals surface area (Å²) in [6.45, 7) is 1.19. The molecular formula is C16H17FN4O2S. The SMILES string of the molecule is O=S(=O)(c1ccc(F)cc1)N1CC[C@H]2[C@H]1CCN2c1ncccn1. The molecule has 0 N–H and O–H groups in total. The summed E-state index contributed by atoms with van der Waals surface area (Å²) >= 11 is 0. The molecule has 2 aromatic rings. The highest BCUT2D eigenvalue weighted by atomic mass is 32.2. The second kappa shape index (κ2) is 5.78. The van der Waals surface area contributed by atoms with E-state index >= 15 is 0 Å². The van der Waals surface area contributed by atoms with Gasteiger partial charge in [0.2, 0.25) is 16.0 Å². The Balaban J connectivity index is 1.60. The molecule has 2 aliphatic rings. The van der Waals surface area contributed by atoms with Crippen LogP contribution < -0.4 is 4.90 Å². The lowest BCUT2D eigenvalue weighted by Crippen LogP contribution is -2.40. The maximum Gasteiger partial charge on any atom is 0.243 e. The van der Waals surface area contributed by atoms with E-state index < -0.39 is 15.8 Å². The molecule has 0 unspecified atom stereocenters. The molecule has 24 heavy (non-hydrogen) atoms. The minimum Gasteiger partial charge on any atom is -0.336 e. The van der Waals surface area contributed by atoms with Crippen molar-refractivity contribution < 1.29 is 12.8 Å². The number of hydrogen-bond donors (Lipinski definition) is 0. The summed E-state index contributed by atoms with van der Waals surface area (Å²) in [5.74, 6) is 0.201. The number of benzene rings is 1. The van der Waals surface area contributed by atoms with Crippen LogP contribution in [0.3, 0.4) is 0 Å². The molecule has 0 radical (unpaired) electrons. The standard InChI is InChI=1S/C16H17FN4O2S/c17-12-2-4-13(5-3-12)24(22,23)21-11-7-14-15(21)6-10-20(14)16-18-8-1-9-19-16/h1-5,8-9,14-15H,6-7,10-11H2/t14-,15+/m0/s1. The summed E-state index contributed by atoms with van der Waals surface area (Å²) in [5, 5.41) is 0. The zero-order chi connectivity index (χ0) is 16.7. The first-order valence-electron chi connectivity index (χ1n) is 7.88. The number of hydrogen-bond acceptors (Lipinski definition) is 5. The van der Waals surface area contributed by atoms with Gasteiger partial charge < -0.3 is 4.90 Å². The molecule has 0 spiro atoms. The summed E-state index contributed by atoms with van der Waals surface area (Å²) in [6, 6.07) is 6.76. The van der Waals surface area contributed by atoms with Gasteiger partial charge in [-0.05, 0) is 43.2 Å². The first-order chi connectivity index (χ1) is 11.6. The maximum atomic E-state index is 13.1. The zero-order valence-electron chi connectivity index (χ0n) is 12.9. The fraction of sp³-hybridized carbons (Fsp3) is 0.375. The second-order valence-electron chi connectivity index (χ2n) is 6.02. The number of sulfonamides is 1. The van der Waals surface area contributed by atoms with Gasteiger partial charge in [0.25, 0.3) is 0 Å². The van der Waals surface area contributed by atoms with Gasteiger partial charge in [-0.2, -0.15) is 4.31 Å². The fourth-order valence-corrected chi connectivity index (χ4v) is 5.37. The van der Waals surface area contributed by atoms with Crippen LogP contribution in [-0.4, -0.2) is 47.9 Å². The van der Waals surface area contributed by atoms with Gasteiger partial charge in [-0.3, -0.25) is 0 Å². The Morgan fingerprint density at radius 1 is 1.00 bits per heavy atom. The fourth-order valence-electron chi connectivity index (χ4n) is 3.67. The molecule has 3 heterocycles. The van der Waals surface area contributed by atoms with Crippen LogP contribution in [0.15, 0.2) is 47.6 Å². The van der Waals surface area contributed by atoms with Crippen molar-refractivity contribution in [3.8, 4) is 0 Å². The predicted octanol–water partition coefficient (Wildman–Crippen LogP) is 1.66. The molecule has 126 valence electrons. The van der Waals surface area contributed by atoms with Crippen molar-refractivity contribution in [1.82, 2.24) is 14.3 Å². The van der Waals surface area contributed by atoms with Crippen molar-refractivity contribution in [3.63, 3.8) is 0 Å². The van der Waals surface area contributed by atoms with Gasteiger partial charge in [0.05, 0.1) is 4.90 Å². The van der Waals surface area contributed by atoms with Crippen molar-refractivity contribution in [1.29, 1.82) is 0 Å². The molecule has 2 saturated heterocycles. The summed E-state index contributed by atoms with van der Waals surface area (Å²) in [7, 11) is -3.62. The van der Waals surface area contributed by atoms with Gasteiger partial charge in [-0.25, -0.2) is 22.8 Å². The lowest BCUT2D eigenvalue weighted by molar-refractivity contribution is 0.388. The van der Waals surface area contributed by atoms with Crippen LogP contribution in [0, 0.1) is 5.82 Å². The van der Waals surface area contributed by atoms with Gasteiger partial charge in [0, 0.05) is 37.6 Å². The van der Waals surface area contributed by atoms with Crippen LogP contribution in [0.2, 0.25) is 0 Å². The minimum atomic E-state index is -3.62. The number of fused-ring (bicyclic) bond motifs is 1. The van der Waals surface area contributed by atoms with Crippen LogP contribution in [0.1, 0.15) is 12.8 Å². The van der Waals surface area contributed by atoms with E-state index in [0.717, 1.165) is 19.4 Å². The van der Waals surface area contributed by atoms with E-state index in [9.17, 15) is 12.8 Å². The van der Waals surface area contributed by atoms with Crippen molar-refractivity contribution in [2.45, 2.75) is 29.8 Å². The number of anilines is 1. The lowest BCUT2D eigenvalue weighted by atomic mass is 10.1. The lowest BCUT2D eigenvalue weighted by Gasteiger charge is -2.25. The van der Waals surface area contributed by atoms with E-state index in [1.54, 1.807) is 22.8 Å². The van der Waals surface area contributed by atoms with E-state index in [1.165, 1.54) is 24.3 Å². The molecule has 2 fully saturated rings. The molecule has 0 aliphatic carbocycles. The monoisotopic (exact) mass is 348 g/mol. The number of halogens is 1. The molecule has 0 saturated carbocycles. The minimum absolute atomic E-state index is 0.0858. The van der Waals surface area contributed by atoms with Crippen LogP contribution >= 0.6 is 0 Å². The number of aromatic nitrogens is 2. The maximum absolute atomic E-state index is 13.1. The van der Waals surface area contributed by atoms with Crippen LogP contribution in [0.5, 0.6) is 0 Å². The molecule has 1 aromatic heterocycles. The van der Waals surface area contributed by atoms with Gasteiger partial charge >= 0.3 is 0 Å². The number of nitrogens with zero attached hydrogens (tertiary/aromatic N) is 4. The Labute approximate surface area is 140 Å². The topological polar surface area (TPSA) is 66.4 Å². The molecule has 6 nitrogen and oxygen atoms in total. The summed E-state index contributed by atoms with van der Waals surface area (Å²) < 4.78 is 40.4. The molecule has 2 aliphatic heterocycles. The average Bonchev–Trinajstić information content (AvgIpc) is 3.17. The van der Waals surface area contributed by atoms with Gasteiger partial charge in [0.15, 0.2) is 0 Å². The van der Waals surface area contributed by atoms with E-state index in [-0.39, 0.29) is 17.0 Å². The van der Waals surface area contributed by atoms with E-state index in [1.807, 2.05) is 0 Å². The Morgan fingerprint density at radius 2 is 1.67 bits per heavy atom. The Hall–Kier alpha value is -2.06. The third-order valence-corrected chi connectivity index (χ3v) is 6.69. The average molecular weight is 348 g/mol. The second-order valence-corrected chi connectivity index (χ2v) is 7.91. The highest BCUT2D eigenvalue weighted by molar-refractivity contribution is 7.89. The third-order valence-electron chi connectivity index (χ3n) is 4.75. The molecule has 0 bridgehead atoms. The van der Waals surface area contributed by atoms with Crippen LogP contribution in [0.4, 0.5) is 10.3 Å². The highest BCUT2D eigenvalue weighted by Crippen LogP contribution is 2.36. The summed E-state index contributed by atoms with van der Waals surface area (Å²) in [5.41, 5.74) is 0. The van der Waals surface area contributed by atoms with Crippen LogP contribution in [0.25, 0.3) is 0 Å². The van der Waals surface area contributed by atoms with E-state index in [0.29, 0.717) is 12.5 Å². The first kappa shape index (κ1) is 15.5. The highest BCUT2D eigenvalue weighted by Gasteiger charge is 2.48. The van der Waals surface area contributed by atoms with Crippen molar-refractivity contribution >= 4 is 16.0 Å². The molecule has 1 aromatic carbocycles. The largest absolute Gasteiger partial charge is 0.336 e. The first-order valence-corrected chi connectivity index (χ1v) is 9.32. The number of rotatable bonds is 3. The molecule has 2 atom stereocenters. The van der Waals surface area contributed by atoms with Crippen molar-refractivity contribution in [3.05, 3.63) is 48.5 Å². The Morgan fingerprint density at radius 3 is 2.38 bits per heavy atom. The van der Waals surface area contributed by atoms with E-state index in [4.69, 9.17) is 0 Å². The molecular weight excluding hydrogens is 331 g/mol. The zero-order valence-corrected chi connectivity index (χ0v) is 13.7. The van der Waals surface area contributed by atoms with Crippen LogP contribution in [-0.2, 0) is 10.0 Å². The summed E-state index contributed by atoms with van der Waals surface area (Å²) in [6.07, 6.45) is 4.86. The van der Waals surface area contributed by atoms with Gasteiger partial charge in [-0.15, -0.1) is 0 Å². The van der Waals surface area contributed by atoms with Crippen molar-refractivity contribution in [2.75, 3.05) is 18.0 Å². The molecule has 8 heteroatoms. The summed E-state index contributed by atoms with van der Waals surface area (Å²) in [4.78, 5) is 10.8. The van der Waals surface area contributed by atoms with Gasteiger partial charge in [-0.1, -0.05) is 0 Å². The smallest absolute Gasteiger partial charge is 0.243 e. The molecule has 0 amide bonds. The van der Waals surface area contributed by atoms with E-state index in [2.05, 4.69) is 14.9 Å². The normalized spacial score (nSPS) is 24.3. The quantitative estimate of drug-likeness (QED) is 0.844. The van der Waals surface area contributed by atoms with Gasteiger partial charge in [0.1, 0.15) is 5.82 Å². The van der Waals surface area contributed by atoms with Crippen molar-refractivity contribution in [2.24, 2.45) is 0 Å². The Kier molecular flexibility index (Phi) is 3.73. The Bertz CT molecular complexity index is 829.